The van der Waals surface area contributed by atoms with Crippen LogP contribution < -0.4 is 5.32 Å². The predicted octanol–water partition coefficient (Wildman–Crippen LogP) is 3.88. The number of rotatable bonds is 2. The third-order valence-electron chi connectivity index (χ3n) is 3.06. The first-order valence-corrected chi connectivity index (χ1v) is 6.32. The fourth-order valence-electron chi connectivity index (χ4n) is 2.16. The summed E-state index contributed by atoms with van der Waals surface area (Å²) in [7, 11) is 0. The third-order valence-corrected chi connectivity index (χ3v) is 3.41. The molecule has 1 N–H and O–H groups in total. The van der Waals surface area contributed by atoms with Crippen LogP contribution in [0.3, 0.4) is 0 Å². The van der Waals surface area contributed by atoms with E-state index in [2.05, 4.69) is 24.4 Å². The van der Waals surface area contributed by atoms with Crippen molar-refractivity contribution in [2.24, 2.45) is 0 Å². The maximum Gasteiger partial charge on any atom is 0.0478 e. The zero-order valence-corrected chi connectivity index (χ0v) is 10.4. The fourth-order valence-corrected chi connectivity index (χ4v) is 2.36. The Bertz CT molecular complexity index is 373. The van der Waals surface area contributed by atoms with Crippen molar-refractivity contribution in [1.82, 2.24) is 5.32 Å². The van der Waals surface area contributed by atoms with Crippen LogP contribution in [-0.4, -0.2) is 12.1 Å². The van der Waals surface area contributed by atoms with Gasteiger partial charge in [-0.3, -0.25) is 0 Å². The zero-order valence-electron chi connectivity index (χ0n) is 9.62. The highest BCUT2D eigenvalue weighted by Gasteiger charge is 2.14. The first kappa shape index (κ1) is 11.7. The Hall–Kier alpha value is -0.790. The van der Waals surface area contributed by atoms with Crippen molar-refractivity contribution in [3.05, 3.63) is 40.9 Å². The van der Waals surface area contributed by atoms with Crippen LogP contribution in [0.1, 0.15) is 31.7 Å². The molecule has 0 radical (unpaired) electrons. The minimum absolute atomic E-state index is 0.500. The molecule has 2 rings (SSSR count). The largest absolute Gasteiger partial charge is 0.308 e. The van der Waals surface area contributed by atoms with Crippen LogP contribution in [-0.2, 0) is 0 Å². The van der Waals surface area contributed by atoms with Crippen molar-refractivity contribution < 1.29 is 0 Å². The Morgan fingerprint density at radius 2 is 2.12 bits per heavy atom. The average molecular weight is 236 g/mol. The summed E-state index contributed by atoms with van der Waals surface area (Å²) in [4.78, 5) is 0. The van der Waals surface area contributed by atoms with E-state index in [0.29, 0.717) is 12.1 Å². The Kier molecular flexibility index (Phi) is 4.03. The Labute approximate surface area is 103 Å². The van der Waals surface area contributed by atoms with Crippen LogP contribution in [0, 0.1) is 0 Å². The lowest BCUT2D eigenvalue weighted by Gasteiger charge is -2.26. The van der Waals surface area contributed by atoms with Gasteiger partial charge in [0.2, 0.25) is 0 Å². The molecule has 1 aliphatic rings. The van der Waals surface area contributed by atoms with Gasteiger partial charge in [0.1, 0.15) is 0 Å². The normalized spacial score (nSPS) is 26.1. The Morgan fingerprint density at radius 3 is 2.88 bits per heavy atom. The van der Waals surface area contributed by atoms with Gasteiger partial charge in [-0.2, -0.15) is 0 Å². The van der Waals surface area contributed by atoms with E-state index in [1.165, 1.54) is 19.3 Å². The minimum Gasteiger partial charge on any atom is -0.308 e. The van der Waals surface area contributed by atoms with Crippen molar-refractivity contribution >= 4 is 17.7 Å². The van der Waals surface area contributed by atoms with Crippen LogP contribution in [0.25, 0.3) is 6.08 Å². The zero-order chi connectivity index (χ0) is 11.4. The van der Waals surface area contributed by atoms with E-state index >= 15 is 0 Å². The summed E-state index contributed by atoms with van der Waals surface area (Å²) < 4.78 is 0. The van der Waals surface area contributed by atoms with Gasteiger partial charge in [-0.1, -0.05) is 48.4 Å². The Morgan fingerprint density at radius 1 is 1.31 bits per heavy atom. The van der Waals surface area contributed by atoms with Crippen LogP contribution in [0.15, 0.2) is 30.3 Å². The first-order valence-electron chi connectivity index (χ1n) is 5.94. The van der Waals surface area contributed by atoms with Gasteiger partial charge in [-0.25, -0.2) is 0 Å². The van der Waals surface area contributed by atoms with Gasteiger partial charge in [0.25, 0.3) is 0 Å². The molecule has 0 saturated carbocycles. The van der Waals surface area contributed by atoms with Gasteiger partial charge < -0.3 is 5.32 Å². The first-order chi connectivity index (χ1) is 7.75. The fraction of sp³-hybridized carbons (Fsp3) is 0.429. The molecule has 1 fully saturated rings. The summed E-state index contributed by atoms with van der Waals surface area (Å²) in [6, 6.07) is 9.08. The summed E-state index contributed by atoms with van der Waals surface area (Å²) in [6.45, 7) is 2.25. The van der Waals surface area contributed by atoms with Crippen molar-refractivity contribution in [3.63, 3.8) is 0 Å². The molecule has 0 aliphatic carbocycles. The molecule has 1 aliphatic heterocycles. The van der Waals surface area contributed by atoms with Crippen molar-refractivity contribution in [2.75, 3.05) is 0 Å². The summed E-state index contributed by atoms with van der Waals surface area (Å²) in [5, 5.41) is 4.40. The highest BCUT2D eigenvalue weighted by Crippen LogP contribution is 2.18. The molecule has 1 aromatic carbocycles. The number of piperidine rings is 1. The van der Waals surface area contributed by atoms with Gasteiger partial charge in [-0.05, 0) is 31.4 Å². The van der Waals surface area contributed by atoms with Gasteiger partial charge in [-0.15, -0.1) is 0 Å². The number of hydrogen-bond acceptors (Lipinski definition) is 1. The molecular formula is C14H18ClN. The molecule has 1 saturated heterocycles. The molecule has 1 heterocycles. The minimum atomic E-state index is 0.500. The number of hydrogen-bond donors (Lipinski definition) is 1. The van der Waals surface area contributed by atoms with Gasteiger partial charge in [0.05, 0.1) is 0 Å². The van der Waals surface area contributed by atoms with E-state index in [9.17, 15) is 0 Å². The van der Waals surface area contributed by atoms with E-state index in [1.807, 2.05) is 24.3 Å². The Balaban J connectivity index is 2.01. The van der Waals surface area contributed by atoms with Crippen molar-refractivity contribution in [3.8, 4) is 0 Å². The topological polar surface area (TPSA) is 12.0 Å². The van der Waals surface area contributed by atoms with Crippen LogP contribution in [0.2, 0.25) is 5.02 Å². The molecule has 1 aromatic rings. The maximum absolute atomic E-state index is 6.10. The molecule has 16 heavy (non-hydrogen) atoms. The third kappa shape index (κ3) is 3.10. The molecule has 1 nitrogen and oxygen atoms in total. The van der Waals surface area contributed by atoms with Gasteiger partial charge in [0, 0.05) is 17.1 Å². The molecule has 86 valence electrons. The smallest absolute Gasteiger partial charge is 0.0478 e. The van der Waals surface area contributed by atoms with E-state index in [1.54, 1.807) is 0 Å². The molecule has 0 aromatic heterocycles. The number of halogens is 1. The molecule has 0 bridgehead atoms. The van der Waals surface area contributed by atoms with Crippen LogP contribution in [0.4, 0.5) is 0 Å². The molecule has 2 unspecified atom stereocenters. The molecule has 2 atom stereocenters. The molecular weight excluding hydrogens is 218 g/mol. The molecule has 2 heteroatoms. The van der Waals surface area contributed by atoms with Gasteiger partial charge in [0.15, 0.2) is 0 Å². The second-order valence-electron chi connectivity index (χ2n) is 4.49. The molecule has 0 amide bonds. The summed E-state index contributed by atoms with van der Waals surface area (Å²) in [6.07, 6.45) is 8.18. The SMILES string of the molecule is CC1CCCC(/C=C/c2ccccc2Cl)N1. The average Bonchev–Trinajstić information content (AvgIpc) is 2.28. The van der Waals surface area contributed by atoms with Gasteiger partial charge >= 0.3 is 0 Å². The maximum atomic E-state index is 6.10. The lowest BCUT2D eigenvalue weighted by Crippen LogP contribution is -2.39. The van der Waals surface area contributed by atoms with E-state index < -0.39 is 0 Å². The molecule has 0 spiro atoms. The number of benzene rings is 1. The highest BCUT2D eigenvalue weighted by atomic mass is 35.5. The summed E-state index contributed by atoms with van der Waals surface area (Å²) >= 11 is 6.10. The van der Waals surface area contributed by atoms with Crippen LogP contribution in [0.5, 0.6) is 0 Å². The predicted molar refractivity (Wildman–Crippen MR) is 70.7 cm³/mol. The summed E-state index contributed by atoms with van der Waals surface area (Å²) in [5.74, 6) is 0. The number of nitrogens with one attached hydrogen (secondary N) is 1. The monoisotopic (exact) mass is 235 g/mol. The lowest BCUT2D eigenvalue weighted by molar-refractivity contribution is 0.375. The van der Waals surface area contributed by atoms with E-state index in [-0.39, 0.29) is 0 Å². The van der Waals surface area contributed by atoms with E-state index in [4.69, 9.17) is 11.6 Å². The van der Waals surface area contributed by atoms with Crippen molar-refractivity contribution in [2.45, 2.75) is 38.3 Å². The lowest BCUT2D eigenvalue weighted by atomic mass is 9.99. The van der Waals surface area contributed by atoms with E-state index in [0.717, 1.165) is 10.6 Å². The second-order valence-corrected chi connectivity index (χ2v) is 4.89. The second kappa shape index (κ2) is 5.51. The quantitative estimate of drug-likeness (QED) is 0.820. The van der Waals surface area contributed by atoms with Crippen molar-refractivity contribution in [1.29, 1.82) is 0 Å². The standard InChI is InChI=1S/C14H18ClN/c1-11-5-4-7-13(16-11)10-9-12-6-2-3-8-14(12)15/h2-3,6,8-11,13,16H,4-5,7H2,1H3/b10-9+. The van der Waals surface area contributed by atoms with Crippen LogP contribution >= 0.6 is 11.6 Å². The summed E-state index contributed by atoms with van der Waals surface area (Å²) in [5.41, 5.74) is 1.10. The highest BCUT2D eigenvalue weighted by molar-refractivity contribution is 6.32.